The maximum Gasteiger partial charge on any atom is 0.0525 e. The van der Waals surface area contributed by atoms with E-state index in [9.17, 15) is 0 Å². The monoisotopic (exact) mass is 174 g/mol. The van der Waals surface area contributed by atoms with Gasteiger partial charge in [-0.1, -0.05) is 19.9 Å². The third kappa shape index (κ3) is 6.45. The van der Waals surface area contributed by atoms with Crippen LogP contribution in [0.25, 0.3) is 0 Å². The van der Waals surface area contributed by atoms with E-state index >= 15 is 0 Å². The minimum atomic E-state index is 0.199. The van der Waals surface area contributed by atoms with E-state index in [1.165, 1.54) is 0 Å². The Hall–Kier alpha value is 0.0500. The van der Waals surface area contributed by atoms with E-state index in [1.807, 2.05) is 6.08 Å². The predicted octanol–water partition coefficient (Wildman–Crippen LogP) is 2.54. The molecule has 2 heteroatoms. The molecule has 0 radical (unpaired) electrons. The second kappa shape index (κ2) is 5.67. The lowest BCUT2D eigenvalue weighted by Gasteiger charge is -2.21. The quantitative estimate of drug-likeness (QED) is 0.370. The van der Waals surface area contributed by atoms with Gasteiger partial charge in [0.25, 0.3) is 0 Å². The number of hydrogen-bond donors (Lipinski definition) is 1. The Morgan fingerprint density at radius 3 is 2.64 bits per heavy atom. The van der Waals surface area contributed by atoms with E-state index in [0.29, 0.717) is 0 Å². The van der Waals surface area contributed by atoms with Crippen molar-refractivity contribution in [2.45, 2.75) is 20.3 Å². The lowest BCUT2D eigenvalue weighted by Crippen LogP contribution is -2.21. The lowest BCUT2D eigenvalue weighted by molar-refractivity contribution is 0.0768. The molecule has 66 valence electrons. The van der Waals surface area contributed by atoms with Crippen LogP contribution >= 0.6 is 12.6 Å². The summed E-state index contributed by atoms with van der Waals surface area (Å²) in [6.45, 7) is 9.47. The van der Waals surface area contributed by atoms with Crippen molar-refractivity contribution >= 4 is 12.6 Å². The highest BCUT2D eigenvalue weighted by atomic mass is 32.1. The zero-order valence-electron chi connectivity index (χ0n) is 7.47. The van der Waals surface area contributed by atoms with Gasteiger partial charge >= 0.3 is 0 Å². The molecule has 0 amide bonds. The van der Waals surface area contributed by atoms with Crippen LogP contribution in [0, 0.1) is 5.41 Å². The SMILES string of the molecule is C=CCCOCC(C)(C)CS. The van der Waals surface area contributed by atoms with Crippen molar-refractivity contribution in [1.82, 2.24) is 0 Å². The first-order valence-electron chi connectivity index (χ1n) is 3.92. The van der Waals surface area contributed by atoms with Crippen LogP contribution in [-0.4, -0.2) is 19.0 Å². The summed E-state index contributed by atoms with van der Waals surface area (Å²) in [5, 5.41) is 0. The van der Waals surface area contributed by atoms with Gasteiger partial charge in [0.05, 0.1) is 13.2 Å². The molecule has 11 heavy (non-hydrogen) atoms. The predicted molar refractivity (Wildman–Crippen MR) is 53.3 cm³/mol. The first-order chi connectivity index (χ1) is 5.12. The van der Waals surface area contributed by atoms with Crippen molar-refractivity contribution in [2.75, 3.05) is 19.0 Å². The van der Waals surface area contributed by atoms with Crippen LogP contribution in [0.1, 0.15) is 20.3 Å². The molecule has 0 rings (SSSR count). The molecular weight excluding hydrogens is 156 g/mol. The summed E-state index contributed by atoms with van der Waals surface area (Å²) in [5.74, 6) is 0.862. The highest BCUT2D eigenvalue weighted by molar-refractivity contribution is 7.80. The van der Waals surface area contributed by atoms with Gasteiger partial charge in [-0.2, -0.15) is 12.6 Å². The molecule has 0 aromatic heterocycles. The molecule has 0 aliphatic carbocycles. The first kappa shape index (κ1) is 11.1. The van der Waals surface area contributed by atoms with Crippen LogP contribution in [0.4, 0.5) is 0 Å². The Labute approximate surface area is 75.2 Å². The molecule has 0 heterocycles. The fraction of sp³-hybridized carbons (Fsp3) is 0.778. The largest absolute Gasteiger partial charge is 0.381 e. The van der Waals surface area contributed by atoms with Gasteiger partial charge in [0, 0.05) is 0 Å². The molecule has 0 atom stereocenters. The van der Waals surface area contributed by atoms with Crippen LogP contribution < -0.4 is 0 Å². The zero-order chi connectivity index (χ0) is 8.74. The standard InChI is InChI=1S/C9H18OS/c1-4-5-6-10-7-9(2,3)8-11/h4,11H,1,5-8H2,2-3H3. The highest BCUT2D eigenvalue weighted by Gasteiger charge is 2.14. The van der Waals surface area contributed by atoms with Gasteiger partial charge in [0.15, 0.2) is 0 Å². The van der Waals surface area contributed by atoms with Gasteiger partial charge in [-0.05, 0) is 17.6 Å². The Bertz CT molecular complexity index is 110. The molecule has 0 N–H and O–H groups in total. The molecule has 0 bridgehead atoms. The third-order valence-electron chi connectivity index (χ3n) is 1.39. The molecular formula is C9H18OS. The third-order valence-corrected chi connectivity index (χ3v) is 2.24. The van der Waals surface area contributed by atoms with Crippen LogP contribution in [0.3, 0.4) is 0 Å². The van der Waals surface area contributed by atoms with Crippen molar-refractivity contribution in [2.24, 2.45) is 5.41 Å². The molecule has 0 aromatic carbocycles. The summed E-state index contributed by atoms with van der Waals surface area (Å²) >= 11 is 4.23. The van der Waals surface area contributed by atoms with Gasteiger partial charge in [-0.15, -0.1) is 6.58 Å². The number of ether oxygens (including phenoxy) is 1. The van der Waals surface area contributed by atoms with Crippen molar-refractivity contribution in [3.63, 3.8) is 0 Å². The Morgan fingerprint density at radius 1 is 1.55 bits per heavy atom. The van der Waals surface area contributed by atoms with Gasteiger partial charge in [-0.3, -0.25) is 0 Å². The normalized spacial score (nSPS) is 11.5. The summed E-state index contributed by atoms with van der Waals surface area (Å²) in [4.78, 5) is 0. The van der Waals surface area contributed by atoms with Gasteiger partial charge in [0.1, 0.15) is 0 Å². The maximum atomic E-state index is 5.41. The fourth-order valence-electron chi connectivity index (χ4n) is 0.561. The molecule has 0 spiro atoms. The van der Waals surface area contributed by atoms with Crippen LogP contribution in [0.2, 0.25) is 0 Å². The van der Waals surface area contributed by atoms with Gasteiger partial charge in [0.2, 0.25) is 0 Å². The number of rotatable bonds is 6. The highest BCUT2D eigenvalue weighted by Crippen LogP contribution is 2.16. The molecule has 0 aliphatic rings. The summed E-state index contributed by atoms with van der Waals surface area (Å²) in [7, 11) is 0. The fourth-order valence-corrected chi connectivity index (χ4v) is 0.652. The second-order valence-corrected chi connectivity index (χ2v) is 3.77. The summed E-state index contributed by atoms with van der Waals surface area (Å²) < 4.78 is 5.41. The van der Waals surface area contributed by atoms with Crippen LogP contribution in [0.5, 0.6) is 0 Å². The van der Waals surface area contributed by atoms with E-state index in [-0.39, 0.29) is 5.41 Å². The van der Waals surface area contributed by atoms with Crippen molar-refractivity contribution < 1.29 is 4.74 Å². The molecule has 0 unspecified atom stereocenters. The Morgan fingerprint density at radius 2 is 2.18 bits per heavy atom. The van der Waals surface area contributed by atoms with Crippen molar-refractivity contribution in [3.05, 3.63) is 12.7 Å². The molecule has 0 fully saturated rings. The Balaban J connectivity index is 3.29. The average Bonchev–Trinajstić information content (AvgIpc) is 1.99. The minimum absolute atomic E-state index is 0.199. The second-order valence-electron chi connectivity index (χ2n) is 3.45. The Kier molecular flexibility index (Phi) is 5.69. The first-order valence-corrected chi connectivity index (χ1v) is 4.55. The molecule has 0 saturated heterocycles. The van der Waals surface area contributed by atoms with Crippen LogP contribution in [0.15, 0.2) is 12.7 Å². The molecule has 0 saturated carbocycles. The summed E-state index contributed by atoms with van der Waals surface area (Å²) in [5.41, 5.74) is 0.199. The molecule has 0 aliphatic heterocycles. The van der Waals surface area contributed by atoms with Crippen molar-refractivity contribution in [1.29, 1.82) is 0 Å². The van der Waals surface area contributed by atoms with Crippen LogP contribution in [-0.2, 0) is 4.74 Å². The summed E-state index contributed by atoms with van der Waals surface area (Å²) in [6.07, 6.45) is 2.80. The zero-order valence-corrected chi connectivity index (χ0v) is 8.36. The van der Waals surface area contributed by atoms with E-state index in [1.54, 1.807) is 0 Å². The number of hydrogen-bond acceptors (Lipinski definition) is 2. The van der Waals surface area contributed by atoms with Gasteiger partial charge in [-0.25, -0.2) is 0 Å². The smallest absolute Gasteiger partial charge is 0.0525 e. The lowest BCUT2D eigenvalue weighted by atomic mass is 9.98. The van der Waals surface area contributed by atoms with Gasteiger partial charge < -0.3 is 4.74 Å². The van der Waals surface area contributed by atoms with E-state index in [2.05, 4.69) is 33.1 Å². The molecule has 0 aromatic rings. The average molecular weight is 174 g/mol. The van der Waals surface area contributed by atoms with E-state index < -0.39 is 0 Å². The van der Waals surface area contributed by atoms with E-state index in [4.69, 9.17) is 4.74 Å². The minimum Gasteiger partial charge on any atom is -0.381 e. The maximum absolute atomic E-state index is 5.41. The number of thiol groups is 1. The van der Waals surface area contributed by atoms with E-state index in [0.717, 1.165) is 25.4 Å². The van der Waals surface area contributed by atoms with Crippen molar-refractivity contribution in [3.8, 4) is 0 Å². The summed E-state index contributed by atoms with van der Waals surface area (Å²) in [6, 6.07) is 0. The topological polar surface area (TPSA) is 9.23 Å². The molecule has 1 nitrogen and oxygen atoms in total.